The summed E-state index contributed by atoms with van der Waals surface area (Å²) in [5.41, 5.74) is -1.80. The number of piperazine rings is 1. The molecule has 0 saturated carbocycles. The number of halogens is 2. The Morgan fingerprint density at radius 3 is 2.62 bits per heavy atom. The van der Waals surface area contributed by atoms with Crippen LogP contribution in [0.5, 0.6) is 0 Å². The average Bonchev–Trinajstić information content (AvgIpc) is 2.47. The summed E-state index contributed by atoms with van der Waals surface area (Å²) in [5, 5.41) is 13.7. The summed E-state index contributed by atoms with van der Waals surface area (Å²) in [7, 11) is 0. The van der Waals surface area contributed by atoms with Crippen molar-refractivity contribution < 1.29 is 23.2 Å². The summed E-state index contributed by atoms with van der Waals surface area (Å²) in [6, 6.07) is 0.485. The molecular weight excluding hydrogens is 324 g/mol. The van der Waals surface area contributed by atoms with Gasteiger partial charge in [0.05, 0.1) is 17.0 Å². The number of rotatable bonds is 2. The lowest BCUT2D eigenvalue weighted by Crippen LogP contribution is -2.50. The van der Waals surface area contributed by atoms with Gasteiger partial charge in [0.2, 0.25) is 5.82 Å². The molecule has 1 amide bonds. The van der Waals surface area contributed by atoms with E-state index in [1.807, 2.05) is 0 Å². The van der Waals surface area contributed by atoms with E-state index < -0.39 is 40.0 Å². The second-order valence-corrected chi connectivity index (χ2v) is 6.48. The van der Waals surface area contributed by atoms with Gasteiger partial charge in [0, 0.05) is 25.2 Å². The number of nitrogens with zero attached hydrogens (tertiary/aromatic N) is 2. The fourth-order valence-corrected chi connectivity index (χ4v) is 2.47. The molecule has 1 aromatic carbocycles. The van der Waals surface area contributed by atoms with E-state index >= 15 is 0 Å². The minimum Gasteiger partial charge on any atom is -0.444 e. The van der Waals surface area contributed by atoms with E-state index in [4.69, 9.17) is 4.74 Å². The first-order chi connectivity index (χ1) is 11.1. The molecule has 0 radical (unpaired) electrons. The Kier molecular flexibility index (Phi) is 5.02. The van der Waals surface area contributed by atoms with E-state index in [-0.39, 0.29) is 18.7 Å². The monoisotopic (exact) mass is 343 g/mol. The van der Waals surface area contributed by atoms with Crippen LogP contribution < -0.4 is 5.32 Å². The second-order valence-electron chi connectivity index (χ2n) is 6.48. The third-order valence-electron chi connectivity index (χ3n) is 3.49. The molecule has 9 heteroatoms. The van der Waals surface area contributed by atoms with E-state index in [0.29, 0.717) is 12.6 Å². The molecular formula is C15H19F2N3O4. The highest BCUT2D eigenvalue weighted by Crippen LogP contribution is 2.30. The third-order valence-corrected chi connectivity index (χ3v) is 3.49. The van der Waals surface area contributed by atoms with Gasteiger partial charge in [0.1, 0.15) is 11.4 Å². The Hall–Kier alpha value is -2.29. The number of nitrogens with one attached hydrogen (secondary N) is 1. The standard InChI is InChI=1S/C15H19F2N3O4/c1-15(2,3)24-14(21)19-5-4-18-8-13(19)9-6-11(17)12(20(22)23)7-10(9)16/h6-7,13,18H,4-5,8H2,1-3H3. The molecule has 1 unspecified atom stereocenters. The maximum atomic E-state index is 14.3. The van der Waals surface area contributed by atoms with E-state index in [0.717, 1.165) is 6.07 Å². The molecule has 24 heavy (non-hydrogen) atoms. The fourth-order valence-electron chi connectivity index (χ4n) is 2.47. The Balaban J connectivity index is 2.35. The molecule has 2 rings (SSSR count). The predicted molar refractivity (Wildman–Crippen MR) is 81.6 cm³/mol. The van der Waals surface area contributed by atoms with Crippen molar-refractivity contribution in [1.29, 1.82) is 0 Å². The van der Waals surface area contributed by atoms with E-state index in [1.54, 1.807) is 20.8 Å². The first kappa shape index (κ1) is 18.1. The molecule has 1 fully saturated rings. The van der Waals surface area contributed by atoms with Crippen molar-refractivity contribution >= 4 is 11.8 Å². The summed E-state index contributed by atoms with van der Waals surface area (Å²) < 4.78 is 33.4. The Morgan fingerprint density at radius 1 is 1.38 bits per heavy atom. The van der Waals surface area contributed by atoms with Crippen LogP contribution in [0.2, 0.25) is 0 Å². The predicted octanol–water partition coefficient (Wildman–Crippen LogP) is 2.75. The second kappa shape index (κ2) is 6.68. The first-order valence-electron chi connectivity index (χ1n) is 7.44. The highest BCUT2D eigenvalue weighted by Gasteiger charge is 2.34. The van der Waals surface area contributed by atoms with Crippen molar-refractivity contribution in [2.75, 3.05) is 19.6 Å². The van der Waals surface area contributed by atoms with Crippen molar-refractivity contribution in [2.24, 2.45) is 0 Å². The summed E-state index contributed by atoms with van der Waals surface area (Å²) in [4.78, 5) is 23.3. The smallest absolute Gasteiger partial charge is 0.410 e. The van der Waals surface area contributed by atoms with Gasteiger partial charge in [-0.05, 0) is 26.8 Å². The third kappa shape index (κ3) is 3.97. The summed E-state index contributed by atoms with van der Waals surface area (Å²) in [6.07, 6.45) is -0.646. The lowest BCUT2D eigenvalue weighted by atomic mass is 10.0. The first-order valence-corrected chi connectivity index (χ1v) is 7.44. The molecule has 0 bridgehead atoms. The van der Waals surface area contributed by atoms with Gasteiger partial charge in [-0.1, -0.05) is 0 Å². The van der Waals surface area contributed by atoms with Crippen LogP contribution in [-0.2, 0) is 4.74 Å². The zero-order valence-electron chi connectivity index (χ0n) is 13.6. The van der Waals surface area contributed by atoms with E-state index in [9.17, 15) is 23.7 Å². The van der Waals surface area contributed by atoms with Gasteiger partial charge in [-0.25, -0.2) is 9.18 Å². The maximum Gasteiger partial charge on any atom is 0.410 e. The van der Waals surface area contributed by atoms with Crippen LogP contribution in [0.4, 0.5) is 19.3 Å². The number of carbonyl (C=O) groups is 1. The lowest BCUT2D eigenvalue weighted by Gasteiger charge is -2.37. The minimum atomic E-state index is -1.15. The maximum absolute atomic E-state index is 14.3. The molecule has 1 aliphatic rings. The zero-order valence-corrected chi connectivity index (χ0v) is 13.6. The van der Waals surface area contributed by atoms with Crippen LogP contribution in [0.15, 0.2) is 12.1 Å². The molecule has 1 aliphatic heterocycles. The Labute approximate surface area is 137 Å². The normalized spacial score (nSPS) is 18.4. The van der Waals surface area contributed by atoms with Gasteiger partial charge in [-0.15, -0.1) is 0 Å². The molecule has 7 nitrogen and oxygen atoms in total. The minimum absolute atomic E-state index is 0.129. The summed E-state index contributed by atoms with van der Waals surface area (Å²) >= 11 is 0. The van der Waals surface area contributed by atoms with Crippen molar-refractivity contribution in [2.45, 2.75) is 32.4 Å². The summed E-state index contributed by atoms with van der Waals surface area (Å²) in [6.45, 7) is 6.02. The number of benzene rings is 1. The van der Waals surface area contributed by atoms with Crippen LogP contribution in [-0.4, -0.2) is 41.2 Å². The van der Waals surface area contributed by atoms with Crippen molar-refractivity contribution in [3.63, 3.8) is 0 Å². The van der Waals surface area contributed by atoms with E-state index in [1.165, 1.54) is 4.90 Å². The van der Waals surface area contributed by atoms with Gasteiger partial charge in [-0.3, -0.25) is 15.0 Å². The van der Waals surface area contributed by atoms with Gasteiger partial charge in [0.25, 0.3) is 0 Å². The number of nitro benzene ring substituents is 1. The van der Waals surface area contributed by atoms with Gasteiger partial charge >= 0.3 is 11.8 Å². The van der Waals surface area contributed by atoms with Crippen molar-refractivity contribution in [3.8, 4) is 0 Å². The molecule has 132 valence electrons. The molecule has 1 N–H and O–H groups in total. The Bertz CT molecular complexity index is 661. The van der Waals surface area contributed by atoms with Crippen molar-refractivity contribution in [3.05, 3.63) is 39.4 Å². The number of carbonyl (C=O) groups excluding carboxylic acids is 1. The highest BCUT2D eigenvalue weighted by atomic mass is 19.1. The van der Waals surface area contributed by atoms with Crippen molar-refractivity contribution in [1.82, 2.24) is 10.2 Å². The molecule has 1 heterocycles. The topological polar surface area (TPSA) is 84.7 Å². The average molecular weight is 343 g/mol. The van der Waals surface area contributed by atoms with E-state index in [2.05, 4.69) is 5.32 Å². The lowest BCUT2D eigenvalue weighted by molar-refractivity contribution is -0.387. The molecule has 0 spiro atoms. The van der Waals surface area contributed by atoms with Crippen LogP contribution in [0, 0.1) is 21.7 Å². The van der Waals surface area contributed by atoms with Gasteiger partial charge < -0.3 is 10.1 Å². The molecule has 1 atom stereocenters. The number of nitro groups is 1. The molecule has 1 saturated heterocycles. The Morgan fingerprint density at radius 2 is 2.04 bits per heavy atom. The van der Waals surface area contributed by atoms with Gasteiger partial charge in [0.15, 0.2) is 0 Å². The number of ether oxygens (including phenoxy) is 1. The summed E-state index contributed by atoms with van der Waals surface area (Å²) in [5.74, 6) is -2.09. The number of hydrogen-bond donors (Lipinski definition) is 1. The molecule has 1 aromatic rings. The number of amides is 1. The van der Waals surface area contributed by atoms with Crippen LogP contribution in [0.3, 0.4) is 0 Å². The number of hydrogen-bond acceptors (Lipinski definition) is 5. The van der Waals surface area contributed by atoms with Gasteiger partial charge in [-0.2, -0.15) is 4.39 Å². The van der Waals surface area contributed by atoms with Crippen LogP contribution >= 0.6 is 0 Å². The SMILES string of the molecule is CC(C)(C)OC(=O)N1CCNCC1c1cc(F)c([N+](=O)[O-])cc1F. The molecule has 0 aliphatic carbocycles. The quantitative estimate of drug-likeness (QED) is 0.659. The largest absolute Gasteiger partial charge is 0.444 e. The zero-order chi connectivity index (χ0) is 18.1. The van der Waals surface area contributed by atoms with Crippen LogP contribution in [0.1, 0.15) is 32.4 Å². The fraction of sp³-hybridized carbons (Fsp3) is 0.533. The highest BCUT2D eigenvalue weighted by molar-refractivity contribution is 5.69. The molecule has 0 aromatic heterocycles. The van der Waals surface area contributed by atoms with Crippen LogP contribution in [0.25, 0.3) is 0 Å².